The second kappa shape index (κ2) is 9.47. The van der Waals surface area contributed by atoms with E-state index in [-0.39, 0.29) is 11.4 Å². The SMILES string of the molecule is Cc1ccc(C(=CC=CC(=O)Oc2ccc([N+](=O)[O-])cc2)c2ccc(C)cc2)cc1. The first-order valence-electron chi connectivity index (χ1n) is 9.41. The Hall–Kier alpha value is -3.99. The lowest BCUT2D eigenvalue weighted by Gasteiger charge is -2.09. The van der Waals surface area contributed by atoms with Crippen LogP contribution < -0.4 is 4.74 Å². The minimum absolute atomic E-state index is 0.0610. The molecule has 0 bridgehead atoms. The Labute approximate surface area is 175 Å². The number of carbonyl (C=O) groups excluding carboxylic acids is 1. The van der Waals surface area contributed by atoms with Crippen LogP contribution in [0.5, 0.6) is 5.75 Å². The fourth-order valence-electron chi connectivity index (χ4n) is 2.83. The summed E-state index contributed by atoms with van der Waals surface area (Å²) in [7, 11) is 0. The average molecular weight is 399 g/mol. The number of hydrogen-bond acceptors (Lipinski definition) is 4. The number of allylic oxidation sites excluding steroid dienone is 2. The van der Waals surface area contributed by atoms with Gasteiger partial charge < -0.3 is 4.74 Å². The van der Waals surface area contributed by atoms with Gasteiger partial charge in [-0.3, -0.25) is 10.1 Å². The Balaban J connectivity index is 1.79. The number of nitrogens with zero attached hydrogens (tertiary/aromatic N) is 1. The second-order valence-electron chi connectivity index (χ2n) is 6.84. The van der Waals surface area contributed by atoms with Crippen LogP contribution in [0.15, 0.2) is 91.0 Å². The first-order chi connectivity index (χ1) is 14.4. The van der Waals surface area contributed by atoms with Gasteiger partial charge in [0, 0.05) is 18.2 Å². The molecule has 0 saturated carbocycles. The largest absolute Gasteiger partial charge is 0.423 e. The third kappa shape index (κ3) is 5.52. The van der Waals surface area contributed by atoms with Crippen molar-refractivity contribution < 1.29 is 14.5 Å². The number of non-ortho nitro benzene ring substituents is 1. The first-order valence-corrected chi connectivity index (χ1v) is 9.41. The van der Waals surface area contributed by atoms with Crippen molar-refractivity contribution in [2.75, 3.05) is 0 Å². The lowest BCUT2D eigenvalue weighted by molar-refractivity contribution is -0.384. The summed E-state index contributed by atoms with van der Waals surface area (Å²) in [5.74, 6) is -0.316. The van der Waals surface area contributed by atoms with Gasteiger partial charge in [0.05, 0.1) is 4.92 Å². The Morgan fingerprint density at radius 2 is 1.33 bits per heavy atom. The molecule has 0 aliphatic rings. The van der Waals surface area contributed by atoms with Crippen LogP contribution in [0.3, 0.4) is 0 Å². The van der Waals surface area contributed by atoms with Crippen LogP contribution in [-0.2, 0) is 4.79 Å². The van der Waals surface area contributed by atoms with Gasteiger partial charge in [0.15, 0.2) is 0 Å². The number of hydrogen-bond donors (Lipinski definition) is 0. The highest BCUT2D eigenvalue weighted by atomic mass is 16.6. The van der Waals surface area contributed by atoms with Gasteiger partial charge in [-0.05, 0) is 42.7 Å². The van der Waals surface area contributed by atoms with E-state index >= 15 is 0 Å². The van der Waals surface area contributed by atoms with Crippen molar-refractivity contribution in [1.82, 2.24) is 0 Å². The Morgan fingerprint density at radius 3 is 1.80 bits per heavy atom. The molecule has 0 heterocycles. The summed E-state index contributed by atoms with van der Waals surface area (Å²) < 4.78 is 5.20. The zero-order valence-corrected chi connectivity index (χ0v) is 16.7. The molecule has 3 rings (SSSR count). The second-order valence-corrected chi connectivity index (χ2v) is 6.84. The maximum Gasteiger partial charge on any atom is 0.336 e. The normalized spacial score (nSPS) is 10.6. The Bertz CT molecular complexity index is 1050. The predicted molar refractivity (Wildman–Crippen MR) is 117 cm³/mol. The van der Waals surface area contributed by atoms with E-state index in [1.807, 2.05) is 68.5 Å². The number of rotatable bonds is 6. The van der Waals surface area contributed by atoms with Crippen molar-refractivity contribution in [1.29, 1.82) is 0 Å². The van der Waals surface area contributed by atoms with Crippen LogP contribution in [-0.4, -0.2) is 10.9 Å². The predicted octanol–water partition coefficient (Wildman–Crippen LogP) is 5.81. The molecule has 0 saturated heterocycles. The Kier molecular flexibility index (Phi) is 6.55. The average Bonchev–Trinajstić information content (AvgIpc) is 2.73. The quantitative estimate of drug-likeness (QED) is 0.131. The van der Waals surface area contributed by atoms with E-state index < -0.39 is 10.9 Å². The van der Waals surface area contributed by atoms with Gasteiger partial charge in [0.2, 0.25) is 0 Å². The van der Waals surface area contributed by atoms with Gasteiger partial charge in [-0.2, -0.15) is 0 Å². The zero-order valence-electron chi connectivity index (χ0n) is 16.7. The van der Waals surface area contributed by atoms with Gasteiger partial charge in [-0.15, -0.1) is 0 Å². The molecule has 3 aromatic carbocycles. The third-order valence-electron chi connectivity index (χ3n) is 4.49. The number of nitro groups is 1. The number of ether oxygens (including phenoxy) is 1. The van der Waals surface area contributed by atoms with E-state index in [4.69, 9.17) is 4.74 Å². The van der Waals surface area contributed by atoms with Crippen LogP contribution in [0.4, 0.5) is 5.69 Å². The summed E-state index contributed by atoms with van der Waals surface area (Å²) in [5, 5.41) is 10.7. The van der Waals surface area contributed by atoms with Crippen molar-refractivity contribution >= 4 is 17.2 Å². The van der Waals surface area contributed by atoms with Crippen molar-refractivity contribution in [2.45, 2.75) is 13.8 Å². The van der Waals surface area contributed by atoms with Crippen LogP contribution in [0.1, 0.15) is 22.3 Å². The number of aryl methyl sites for hydroxylation is 2. The van der Waals surface area contributed by atoms with Crippen LogP contribution in [0.2, 0.25) is 0 Å². The topological polar surface area (TPSA) is 69.4 Å². The van der Waals surface area contributed by atoms with Gasteiger partial charge in [-0.1, -0.05) is 71.8 Å². The summed E-state index contributed by atoms with van der Waals surface area (Å²) in [6, 6.07) is 21.7. The van der Waals surface area contributed by atoms with E-state index in [1.54, 1.807) is 6.08 Å². The van der Waals surface area contributed by atoms with Gasteiger partial charge >= 0.3 is 5.97 Å². The molecule has 5 heteroatoms. The van der Waals surface area contributed by atoms with Crippen molar-refractivity contribution in [3.63, 3.8) is 0 Å². The van der Waals surface area contributed by atoms with Gasteiger partial charge in [-0.25, -0.2) is 4.79 Å². The Morgan fingerprint density at radius 1 is 0.833 bits per heavy atom. The highest BCUT2D eigenvalue weighted by Gasteiger charge is 2.07. The zero-order chi connectivity index (χ0) is 21.5. The number of nitro benzene ring substituents is 1. The standard InChI is InChI=1S/C25H21NO4/c1-18-6-10-20(11-7-18)24(21-12-8-19(2)9-13-21)4-3-5-25(27)30-23-16-14-22(15-17-23)26(28)29/h3-17H,1-2H3. The van der Waals surface area contributed by atoms with Crippen LogP contribution >= 0.6 is 0 Å². The molecule has 0 aliphatic carbocycles. The highest BCUT2D eigenvalue weighted by Crippen LogP contribution is 2.24. The van der Waals surface area contributed by atoms with E-state index in [2.05, 4.69) is 0 Å². The van der Waals surface area contributed by atoms with E-state index in [0.717, 1.165) is 16.7 Å². The molecule has 0 radical (unpaired) electrons. The first kappa shape index (κ1) is 20.7. The summed E-state index contributed by atoms with van der Waals surface area (Å²) in [6.07, 6.45) is 4.83. The highest BCUT2D eigenvalue weighted by molar-refractivity contribution is 5.86. The number of carbonyl (C=O) groups is 1. The van der Waals surface area contributed by atoms with Gasteiger partial charge in [0.25, 0.3) is 5.69 Å². The molecule has 0 unspecified atom stereocenters. The van der Waals surface area contributed by atoms with Crippen LogP contribution in [0, 0.1) is 24.0 Å². The van der Waals surface area contributed by atoms with Gasteiger partial charge in [0.1, 0.15) is 5.75 Å². The monoisotopic (exact) mass is 399 g/mol. The maximum absolute atomic E-state index is 12.1. The minimum Gasteiger partial charge on any atom is -0.423 e. The van der Waals surface area contributed by atoms with Crippen molar-refractivity contribution in [3.8, 4) is 5.75 Å². The molecule has 0 N–H and O–H groups in total. The summed E-state index contributed by atoms with van der Waals surface area (Å²) in [4.78, 5) is 22.3. The van der Waals surface area contributed by atoms with E-state index in [0.29, 0.717) is 0 Å². The molecule has 30 heavy (non-hydrogen) atoms. The maximum atomic E-state index is 12.1. The molecule has 3 aromatic rings. The summed E-state index contributed by atoms with van der Waals surface area (Å²) >= 11 is 0. The smallest absolute Gasteiger partial charge is 0.336 e. The molecule has 0 aromatic heterocycles. The molecular formula is C25H21NO4. The molecule has 0 fully saturated rings. The minimum atomic E-state index is -0.563. The molecule has 5 nitrogen and oxygen atoms in total. The molecular weight excluding hydrogens is 378 g/mol. The number of benzene rings is 3. The molecule has 0 spiro atoms. The summed E-state index contributed by atoms with van der Waals surface area (Å²) in [6.45, 7) is 4.07. The third-order valence-corrected chi connectivity index (χ3v) is 4.49. The van der Waals surface area contributed by atoms with Crippen LogP contribution in [0.25, 0.3) is 5.57 Å². The summed E-state index contributed by atoms with van der Waals surface area (Å²) in [5.41, 5.74) is 5.34. The van der Waals surface area contributed by atoms with Crippen molar-refractivity contribution in [2.24, 2.45) is 0 Å². The number of esters is 1. The van der Waals surface area contributed by atoms with E-state index in [1.165, 1.54) is 41.5 Å². The van der Waals surface area contributed by atoms with Crippen molar-refractivity contribution in [3.05, 3.63) is 123 Å². The molecule has 150 valence electrons. The molecule has 0 aliphatic heterocycles. The lowest BCUT2D eigenvalue weighted by Crippen LogP contribution is -2.03. The van der Waals surface area contributed by atoms with E-state index in [9.17, 15) is 14.9 Å². The molecule has 0 amide bonds. The fourth-order valence-corrected chi connectivity index (χ4v) is 2.83. The molecule has 0 atom stereocenters. The fraction of sp³-hybridized carbons (Fsp3) is 0.0800. The lowest BCUT2D eigenvalue weighted by atomic mass is 9.96.